The molecular formula is C14H12ClN3O4S. The first kappa shape index (κ1) is 15.6. The Morgan fingerprint density at radius 3 is 2.78 bits per heavy atom. The van der Waals surface area contributed by atoms with Gasteiger partial charge in [0.25, 0.3) is 15.7 Å². The number of benzene rings is 1. The van der Waals surface area contributed by atoms with Gasteiger partial charge in [-0.15, -0.1) is 0 Å². The SMILES string of the molecule is COc1ccc(NS(=O)(=O)c2cnc3onc(C)c3c2)c(Cl)c1. The topological polar surface area (TPSA) is 94.3 Å². The summed E-state index contributed by atoms with van der Waals surface area (Å²) in [5.74, 6) is 0.529. The lowest BCUT2D eigenvalue weighted by molar-refractivity contribution is 0.415. The predicted molar refractivity (Wildman–Crippen MR) is 85.4 cm³/mol. The maximum Gasteiger partial charge on any atom is 0.263 e. The van der Waals surface area contributed by atoms with E-state index in [1.165, 1.54) is 31.5 Å². The van der Waals surface area contributed by atoms with Gasteiger partial charge in [0.2, 0.25) is 0 Å². The Kier molecular flexibility index (Phi) is 3.87. The molecule has 0 aliphatic rings. The summed E-state index contributed by atoms with van der Waals surface area (Å²) in [5.41, 5.74) is 1.09. The third kappa shape index (κ3) is 2.95. The number of nitrogens with one attached hydrogen (secondary N) is 1. The highest BCUT2D eigenvalue weighted by Gasteiger charge is 2.19. The van der Waals surface area contributed by atoms with Gasteiger partial charge in [0, 0.05) is 6.07 Å². The molecule has 3 rings (SSSR count). The first-order valence-electron chi connectivity index (χ1n) is 6.49. The number of hydrogen-bond donors (Lipinski definition) is 1. The molecule has 2 heterocycles. The van der Waals surface area contributed by atoms with Crippen molar-refractivity contribution in [1.82, 2.24) is 10.1 Å². The van der Waals surface area contributed by atoms with Crippen LogP contribution in [0.15, 0.2) is 39.9 Å². The average molecular weight is 354 g/mol. The van der Waals surface area contributed by atoms with Crippen LogP contribution >= 0.6 is 11.6 Å². The second-order valence-corrected chi connectivity index (χ2v) is 6.83. The summed E-state index contributed by atoms with van der Waals surface area (Å²) >= 11 is 6.06. The number of sulfonamides is 1. The number of hydrogen-bond acceptors (Lipinski definition) is 6. The van der Waals surface area contributed by atoms with Gasteiger partial charge in [0.05, 0.1) is 35.1 Å². The first-order valence-corrected chi connectivity index (χ1v) is 8.35. The number of pyridine rings is 1. The van der Waals surface area contributed by atoms with Gasteiger partial charge in [0.15, 0.2) is 0 Å². The van der Waals surface area contributed by atoms with Gasteiger partial charge < -0.3 is 9.26 Å². The van der Waals surface area contributed by atoms with E-state index in [-0.39, 0.29) is 21.3 Å². The van der Waals surface area contributed by atoms with Crippen LogP contribution in [-0.4, -0.2) is 25.7 Å². The molecule has 0 unspecified atom stereocenters. The van der Waals surface area contributed by atoms with Gasteiger partial charge in [-0.1, -0.05) is 16.8 Å². The minimum absolute atomic E-state index is 0.0109. The maximum atomic E-state index is 12.5. The number of aryl methyl sites for hydroxylation is 1. The molecule has 120 valence electrons. The highest BCUT2D eigenvalue weighted by molar-refractivity contribution is 7.92. The summed E-state index contributed by atoms with van der Waals surface area (Å²) in [5, 5.41) is 4.51. The fourth-order valence-corrected chi connectivity index (χ4v) is 3.31. The molecule has 3 aromatic rings. The highest BCUT2D eigenvalue weighted by Crippen LogP contribution is 2.29. The van der Waals surface area contributed by atoms with Crippen molar-refractivity contribution in [2.24, 2.45) is 0 Å². The fraction of sp³-hybridized carbons (Fsp3) is 0.143. The van der Waals surface area contributed by atoms with Crippen LogP contribution in [0.25, 0.3) is 11.1 Å². The van der Waals surface area contributed by atoms with Gasteiger partial charge in [-0.3, -0.25) is 4.72 Å². The van der Waals surface area contributed by atoms with Gasteiger partial charge in [-0.05, 0) is 25.1 Å². The lowest BCUT2D eigenvalue weighted by atomic mass is 10.3. The van der Waals surface area contributed by atoms with Crippen molar-refractivity contribution in [3.63, 3.8) is 0 Å². The van der Waals surface area contributed by atoms with Crippen LogP contribution in [0.1, 0.15) is 5.69 Å². The largest absolute Gasteiger partial charge is 0.497 e. The Bertz CT molecular complexity index is 985. The van der Waals surface area contributed by atoms with Crippen LogP contribution in [-0.2, 0) is 10.0 Å². The van der Waals surface area contributed by atoms with E-state index in [0.29, 0.717) is 16.8 Å². The second-order valence-electron chi connectivity index (χ2n) is 4.74. The standard InChI is InChI=1S/C14H12ClN3O4S/c1-8-11-6-10(7-16-14(11)22-17-8)23(19,20)18-13-4-3-9(21-2)5-12(13)15/h3-7,18H,1-2H3. The number of methoxy groups -OCH3 is 1. The van der Waals surface area contributed by atoms with Crippen LogP contribution in [0, 0.1) is 6.92 Å². The third-order valence-electron chi connectivity index (χ3n) is 3.22. The van der Waals surface area contributed by atoms with Gasteiger partial charge >= 0.3 is 0 Å². The number of fused-ring (bicyclic) bond motifs is 1. The predicted octanol–water partition coefficient (Wildman–Crippen LogP) is 2.99. The summed E-state index contributed by atoms with van der Waals surface area (Å²) in [6.07, 6.45) is 1.20. The van der Waals surface area contributed by atoms with Gasteiger partial charge in [0.1, 0.15) is 10.6 Å². The van der Waals surface area contributed by atoms with Gasteiger partial charge in [-0.25, -0.2) is 13.4 Å². The van der Waals surface area contributed by atoms with Crippen molar-refractivity contribution in [2.45, 2.75) is 11.8 Å². The molecule has 0 saturated carbocycles. The zero-order valence-electron chi connectivity index (χ0n) is 12.2. The quantitative estimate of drug-likeness (QED) is 0.774. The molecule has 23 heavy (non-hydrogen) atoms. The molecule has 0 atom stereocenters. The van der Waals surface area contributed by atoms with Crippen molar-refractivity contribution in [2.75, 3.05) is 11.8 Å². The number of nitrogens with zero attached hydrogens (tertiary/aromatic N) is 2. The summed E-state index contributed by atoms with van der Waals surface area (Å²) < 4.78 is 37.4. The number of anilines is 1. The van der Waals surface area contributed by atoms with Crippen molar-refractivity contribution >= 4 is 38.4 Å². The normalized spacial score (nSPS) is 11.6. The molecule has 9 heteroatoms. The second kappa shape index (κ2) is 5.71. The first-order chi connectivity index (χ1) is 10.9. The number of aromatic nitrogens is 2. The molecule has 0 fully saturated rings. The molecule has 7 nitrogen and oxygen atoms in total. The van der Waals surface area contributed by atoms with Crippen molar-refractivity contribution in [1.29, 1.82) is 0 Å². The number of rotatable bonds is 4. The zero-order chi connectivity index (χ0) is 16.6. The fourth-order valence-electron chi connectivity index (χ4n) is 1.98. The molecular weight excluding hydrogens is 342 g/mol. The van der Waals surface area contributed by atoms with E-state index in [1.807, 2.05) is 0 Å². The minimum Gasteiger partial charge on any atom is -0.497 e. The van der Waals surface area contributed by atoms with E-state index in [4.69, 9.17) is 20.9 Å². The van der Waals surface area contributed by atoms with E-state index in [0.717, 1.165) is 0 Å². The molecule has 0 amide bonds. The lowest BCUT2D eigenvalue weighted by Gasteiger charge is -2.10. The molecule has 0 bridgehead atoms. The van der Waals surface area contributed by atoms with Crippen molar-refractivity contribution in [3.05, 3.63) is 41.2 Å². The lowest BCUT2D eigenvalue weighted by Crippen LogP contribution is -2.13. The summed E-state index contributed by atoms with van der Waals surface area (Å²) in [6, 6.07) is 6.10. The minimum atomic E-state index is -3.85. The van der Waals surface area contributed by atoms with E-state index in [1.54, 1.807) is 13.0 Å². The highest BCUT2D eigenvalue weighted by atomic mass is 35.5. The van der Waals surface area contributed by atoms with E-state index >= 15 is 0 Å². The smallest absolute Gasteiger partial charge is 0.263 e. The average Bonchev–Trinajstić information content (AvgIpc) is 2.90. The van der Waals surface area contributed by atoms with Gasteiger partial charge in [-0.2, -0.15) is 0 Å². The monoisotopic (exact) mass is 353 g/mol. The molecule has 1 N–H and O–H groups in total. The van der Waals surface area contributed by atoms with Crippen LogP contribution in [0.2, 0.25) is 5.02 Å². The summed E-state index contributed by atoms with van der Waals surface area (Å²) in [4.78, 5) is 3.95. The molecule has 0 aliphatic heterocycles. The summed E-state index contributed by atoms with van der Waals surface area (Å²) in [6.45, 7) is 1.71. The molecule has 1 aromatic carbocycles. The number of halogens is 1. The number of ether oxygens (including phenoxy) is 1. The van der Waals surface area contributed by atoms with Crippen LogP contribution in [0.3, 0.4) is 0 Å². The third-order valence-corrected chi connectivity index (χ3v) is 4.86. The van der Waals surface area contributed by atoms with E-state index in [9.17, 15) is 8.42 Å². The molecule has 0 radical (unpaired) electrons. The Hall–Kier alpha value is -2.32. The van der Waals surface area contributed by atoms with E-state index < -0.39 is 10.0 Å². The Morgan fingerprint density at radius 2 is 2.09 bits per heavy atom. The summed E-state index contributed by atoms with van der Waals surface area (Å²) in [7, 11) is -2.35. The Morgan fingerprint density at radius 1 is 1.30 bits per heavy atom. The van der Waals surface area contributed by atoms with Crippen LogP contribution in [0.5, 0.6) is 5.75 Å². The zero-order valence-corrected chi connectivity index (χ0v) is 13.8. The molecule has 0 saturated heterocycles. The van der Waals surface area contributed by atoms with Crippen LogP contribution < -0.4 is 9.46 Å². The Balaban J connectivity index is 1.98. The van der Waals surface area contributed by atoms with Crippen molar-refractivity contribution in [3.8, 4) is 5.75 Å². The van der Waals surface area contributed by atoms with E-state index in [2.05, 4.69) is 14.9 Å². The maximum absolute atomic E-state index is 12.5. The molecule has 2 aromatic heterocycles. The van der Waals surface area contributed by atoms with Crippen LogP contribution in [0.4, 0.5) is 5.69 Å². The van der Waals surface area contributed by atoms with Crippen molar-refractivity contribution < 1.29 is 17.7 Å². The molecule has 0 aliphatic carbocycles. The molecule has 0 spiro atoms. The Labute approximate surface area is 137 Å².